The van der Waals surface area contributed by atoms with Gasteiger partial charge in [-0.05, 0) is 64.2 Å². The molecule has 0 aromatic heterocycles. The fraction of sp³-hybridized carbons (Fsp3) is 0.880. The number of likely N-dealkylation sites (N-methyl/N-ethyl adjacent to an activating group) is 2. The lowest BCUT2D eigenvalue weighted by Gasteiger charge is -2.41. The molecule has 2 unspecified atom stereocenters. The Balaban J connectivity index is -0.0000174. The summed E-state index contributed by atoms with van der Waals surface area (Å²) in [6.07, 6.45) is 38.5. The van der Waals surface area contributed by atoms with Crippen LogP contribution in [-0.2, 0) is 19.1 Å². The van der Waals surface area contributed by atoms with Gasteiger partial charge in [0.05, 0.1) is 40.5 Å². The summed E-state index contributed by atoms with van der Waals surface area (Å²) in [4.78, 5) is 26.9. The zero-order chi connectivity index (χ0) is 44.4. The van der Waals surface area contributed by atoms with Crippen molar-refractivity contribution in [2.24, 2.45) is 0 Å². The summed E-state index contributed by atoms with van der Waals surface area (Å²) in [5, 5.41) is 39.8. The van der Waals surface area contributed by atoms with E-state index in [1.165, 1.54) is 89.9 Å². The summed E-state index contributed by atoms with van der Waals surface area (Å²) in [6.45, 7) is 5.84. The lowest BCUT2D eigenvalue weighted by molar-refractivity contribution is -0.920. The molecule has 62 heavy (non-hydrogen) atoms. The minimum Gasteiger partial charge on any atom is -1.00 e. The number of quaternary nitrogens is 2. The monoisotopic (exact) mass is 1110 g/mol. The maximum atomic E-state index is 13.5. The lowest BCUT2D eigenvalue weighted by atomic mass is 10.1. The van der Waals surface area contributed by atoms with Crippen LogP contribution in [0, 0.1) is 0 Å². The van der Waals surface area contributed by atoms with E-state index in [9.17, 15) is 30.0 Å². The summed E-state index contributed by atoms with van der Waals surface area (Å²) in [6, 6.07) is 0. The van der Waals surface area contributed by atoms with Crippen molar-refractivity contribution in [1.82, 2.24) is 0 Å². The second kappa shape index (κ2) is 47.1. The average Bonchev–Trinajstić information content (AvgIpc) is 3.20. The molecule has 0 aromatic carbocycles. The van der Waals surface area contributed by atoms with Crippen LogP contribution < -0.4 is 48.0 Å². The molecule has 2 atom stereocenters. The van der Waals surface area contributed by atoms with Gasteiger partial charge in [0.1, 0.15) is 39.3 Å². The third-order valence-corrected chi connectivity index (χ3v) is 12.1. The van der Waals surface area contributed by atoms with Crippen LogP contribution in [0.15, 0.2) is 24.3 Å². The first-order valence-electron chi connectivity index (χ1n) is 24.9. The number of rotatable bonds is 45. The van der Waals surface area contributed by atoms with Crippen molar-refractivity contribution in [3.05, 3.63) is 24.3 Å². The van der Waals surface area contributed by atoms with E-state index in [1.54, 1.807) is 0 Å². The first-order valence-corrected chi connectivity index (χ1v) is 24.9. The topological polar surface area (TPSA) is 134 Å². The minimum atomic E-state index is -0.836. The maximum absolute atomic E-state index is 13.5. The van der Waals surface area contributed by atoms with Crippen molar-refractivity contribution in [2.45, 2.75) is 206 Å². The summed E-state index contributed by atoms with van der Waals surface area (Å²) < 4.78 is 12.9. The van der Waals surface area contributed by atoms with Gasteiger partial charge in [0.15, 0.2) is 12.2 Å². The van der Waals surface area contributed by atoms with Gasteiger partial charge in [-0.15, -0.1) is 0 Å². The highest BCUT2D eigenvalue weighted by Crippen LogP contribution is 2.20. The van der Waals surface area contributed by atoms with E-state index < -0.39 is 12.2 Å². The third kappa shape index (κ3) is 40.0. The molecule has 0 radical (unpaired) electrons. The molecule has 0 aliphatic rings. The summed E-state index contributed by atoms with van der Waals surface area (Å²) in [5.41, 5.74) is 0. The van der Waals surface area contributed by atoms with Crippen LogP contribution in [0.4, 0.5) is 0 Å². The molecular weight excluding hydrogens is 1010 g/mol. The SMILES string of the molecule is CCCCCCCCC=CCCCCCCCC(=O)OC(C[N+](C)(CCO)CCO)C(C[N+](C)(CCO)CCO)OC(=O)CCCCCCCC=CCCCCCCCC.[I-].[I-]. The predicted molar refractivity (Wildman–Crippen MR) is 249 cm³/mol. The van der Waals surface area contributed by atoms with Crippen molar-refractivity contribution in [1.29, 1.82) is 0 Å². The van der Waals surface area contributed by atoms with Crippen molar-refractivity contribution in [3.63, 3.8) is 0 Å². The van der Waals surface area contributed by atoms with E-state index >= 15 is 0 Å². The average molecular weight is 1110 g/mol. The molecule has 0 saturated carbocycles. The molecule has 0 aliphatic heterocycles. The van der Waals surface area contributed by atoms with Crippen LogP contribution >= 0.6 is 0 Å². The molecule has 4 N–H and O–H groups in total. The Bertz CT molecular complexity index is 958. The Hall–Kier alpha value is -0.360. The smallest absolute Gasteiger partial charge is 0.306 e. The molecule has 0 bridgehead atoms. The first-order chi connectivity index (χ1) is 29.1. The molecule has 0 rings (SSSR count). The fourth-order valence-corrected chi connectivity index (χ4v) is 8.02. The normalized spacial score (nSPS) is 13.0. The van der Waals surface area contributed by atoms with E-state index in [2.05, 4.69) is 38.2 Å². The number of allylic oxidation sites excluding steroid dienone is 4. The number of carbonyl (C=O) groups is 2. The van der Waals surface area contributed by atoms with E-state index in [0.29, 0.717) is 39.0 Å². The summed E-state index contributed by atoms with van der Waals surface area (Å²) in [7, 11) is 3.80. The van der Waals surface area contributed by atoms with Crippen molar-refractivity contribution >= 4 is 11.9 Å². The molecule has 10 nitrogen and oxygen atoms in total. The minimum absolute atomic E-state index is 0. The second-order valence-electron chi connectivity index (χ2n) is 18.1. The van der Waals surface area contributed by atoms with Crippen molar-refractivity contribution < 1.29 is 96.4 Å². The Morgan fingerprint density at radius 1 is 0.419 bits per heavy atom. The second-order valence-corrected chi connectivity index (χ2v) is 18.1. The predicted octanol–water partition coefficient (Wildman–Crippen LogP) is 3.76. The molecule has 0 fully saturated rings. The quantitative estimate of drug-likeness (QED) is 0.0239. The summed E-state index contributed by atoms with van der Waals surface area (Å²) in [5.74, 6) is -0.706. The number of carbonyl (C=O) groups excluding carboxylic acids is 2. The highest BCUT2D eigenvalue weighted by Gasteiger charge is 2.41. The number of esters is 2. The van der Waals surface area contributed by atoms with Gasteiger partial charge in [-0.2, -0.15) is 0 Å². The molecule has 0 saturated heterocycles. The van der Waals surface area contributed by atoms with Crippen LogP contribution in [0.1, 0.15) is 194 Å². The van der Waals surface area contributed by atoms with Crippen LogP contribution in [0.2, 0.25) is 0 Å². The van der Waals surface area contributed by atoms with Gasteiger partial charge < -0.3 is 86.8 Å². The largest absolute Gasteiger partial charge is 1.00 e. The van der Waals surface area contributed by atoms with Crippen LogP contribution in [0.3, 0.4) is 0 Å². The Morgan fingerprint density at radius 2 is 0.661 bits per heavy atom. The lowest BCUT2D eigenvalue weighted by Crippen LogP contribution is -3.00. The van der Waals surface area contributed by atoms with Gasteiger partial charge >= 0.3 is 11.9 Å². The van der Waals surface area contributed by atoms with Crippen molar-refractivity contribution in [2.75, 3.05) is 79.8 Å². The van der Waals surface area contributed by atoms with E-state index in [4.69, 9.17) is 9.47 Å². The van der Waals surface area contributed by atoms with E-state index in [-0.39, 0.29) is 121 Å². The van der Waals surface area contributed by atoms with Gasteiger partial charge in [-0.3, -0.25) is 9.59 Å². The van der Waals surface area contributed by atoms with Crippen molar-refractivity contribution in [3.8, 4) is 0 Å². The molecule has 0 amide bonds. The summed E-state index contributed by atoms with van der Waals surface area (Å²) >= 11 is 0. The molecule has 370 valence electrons. The number of hydrogen-bond donors (Lipinski definition) is 4. The van der Waals surface area contributed by atoms with Crippen LogP contribution in [0.5, 0.6) is 0 Å². The molecule has 12 heteroatoms. The maximum Gasteiger partial charge on any atom is 0.306 e. The fourth-order valence-electron chi connectivity index (χ4n) is 8.02. The van der Waals surface area contributed by atoms with Gasteiger partial charge in [0, 0.05) is 12.8 Å². The number of aliphatic hydroxyl groups excluding tert-OH is 4. The highest BCUT2D eigenvalue weighted by atomic mass is 127. The Morgan fingerprint density at radius 3 is 0.919 bits per heavy atom. The first kappa shape index (κ1) is 65.9. The standard InChI is InChI=1S/C50H98N2O8.2HI/c1-5-7-9-11-13-15-17-19-21-23-25-27-29-31-33-35-49(57)59-47(45-51(3,37-41-53)38-42-54)48(46-52(4,39-43-55)40-44-56)60-50(58)36-34-32-30-28-26-24-22-20-18-16-14-12-10-8-6-2;;/h19-22,47-48,53-56H,5-18,23-46H2,1-4H3;2*1H/q+2;;/p-2. The van der Waals surface area contributed by atoms with Gasteiger partial charge in [0.2, 0.25) is 0 Å². The van der Waals surface area contributed by atoms with Crippen LogP contribution in [0.25, 0.3) is 0 Å². The number of unbranched alkanes of at least 4 members (excludes halogenated alkanes) is 22. The molecule has 0 aliphatic carbocycles. The zero-order valence-corrected chi connectivity index (χ0v) is 44.7. The van der Waals surface area contributed by atoms with E-state index in [1.807, 2.05) is 14.1 Å². The Labute approximate surface area is 415 Å². The number of hydrogen-bond acceptors (Lipinski definition) is 8. The number of halogens is 2. The van der Waals surface area contributed by atoms with E-state index in [0.717, 1.165) is 64.2 Å². The molecule has 0 heterocycles. The number of ether oxygens (including phenoxy) is 2. The van der Waals surface area contributed by atoms with Gasteiger partial charge in [0.25, 0.3) is 0 Å². The molecule has 0 spiro atoms. The molecule has 0 aromatic rings. The molecular formula is C50H98I2N2O8. The van der Waals surface area contributed by atoms with Crippen LogP contribution in [-0.4, -0.2) is 133 Å². The zero-order valence-electron chi connectivity index (χ0n) is 40.4. The van der Waals surface area contributed by atoms with Gasteiger partial charge in [-0.25, -0.2) is 0 Å². The van der Waals surface area contributed by atoms with Gasteiger partial charge in [-0.1, -0.05) is 141 Å². The highest BCUT2D eigenvalue weighted by molar-refractivity contribution is 5.70. The number of nitrogens with zero attached hydrogens (tertiary/aromatic N) is 2. The number of aliphatic hydroxyl groups is 4. The Kier molecular flexibility index (Phi) is 50.1. The third-order valence-electron chi connectivity index (χ3n) is 12.1.